The average Bonchev–Trinajstić information content (AvgIpc) is 2.89. The highest BCUT2D eigenvalue weighted by molar-refractivity contribution is 6.31. The normalized spacial score (nSPS) is 20.9. The molecule has 0 amide bonds. The van der Waals surface area contributed by atoms with Crippen LogP contribution in [0.4, 0.5) is 0 Å². The van der Waals surface area contributed by atoms with Gasteiger partial charge in [-0.2, -0.15) is 0 Å². The van der Waals surface area contributed by atoms with E-state index in [9.17, 15) is 9.90 Å². The largest absolute Gasteiger partial charge is 0.465 e. The average molecular weight is 298 g/mol. The third-order valence-electron chi connectivity index (χ3n) is 3.85. The maximum atomic E-state index is 11.5. The molecule has 4 nitrogen and oxygen atoms in total. The molecule has 1 aromatic carbocycles. The molecule has 1 saturated heterocycles. The quantitative estimate of drug-likeness (QED) is 0.867. The minimum Gasteiger partial charge on any atom is -0.465 e. The lowest BCUT2D eigenvalue weighted by atomic mass is 10.0. The molecule has 0 radical (unpaired) electrons. The van der Waals surface area contributed by atoms with Crippen LogP contribution in [0.2, 0.25) is 5.02 Å². The van der Waals surface area contributed by atoms with Crippen molar-refractivity contribution in [3.63, 3.8) is 0 Å². The molecule has 0 aromatic heterocycles. The van der Waals surface area contributed by atoms with Gasteiger partial charge in [0.15, 0.2) is 0 Å². The predicted molar refractivity (Wildman–Crippen MR) is 77.9 cm³/mol. The van der Waals surface area contributed by atoms with Crippen molar-refractivity contribution >= 4 is 17.6 Å². The molecule has 2 unspecified atom stereocenters. The van der Waals surface area contributed by atoms with Crippen LogP contribution in [-0.2, 0) is 11.3 Å². The summed E-state index contributed by atoms with van der Waals surface area (Å²) in [5.41, 5.74) is 1.43. The van der Waals surface area contributed by atoms with Gasteiger partial charge >= 0.3 is 5.97 Å². The van der Waals surface area contributed by atoms with Gasteiger partial charge in [-0.15, -0.1) is 0 Å². The summed E-state index contributed by atoms with van der Waals surface area (Å²) >= 11 is 6.19. The fraction of sp³-hybridized carbons (Fsp3) is 0.533. The van der Waals surface area contributed by atoms with Gasteiger partial charge in [-0.05, 0) is 49.6 Å². The van der Waals surface area contributed by atoms with Gasteiger partial charge in [0, 0.05) is 18.1 Å². The third kappa shape index (κ3) is 3.51. The van der Waals surface area contributed by atoms with Crippen molar-refractivity contribution in [2.24, 2.45) is 5.92 Å². The molecule has 0 spiro atoms. The van der Waals surface area contributed by atoms with Crippen LogP contribution in [0.5, 0.6) is 0 Å². The van der Waals surface area contributed by atoms with Crippen molar-refractivity contribution in [3.8, 4) is 0 Å². The summed E-state index contributed by atoms with van der Waals surface area (Å²) in [5, 5.41) is 10.3. The lowest BCUT2D eigenvalue weighted by Crippen LogP contribution is -2.24. The van der Waals surface area contributed by atoms with Gasteiger partial charge in [0.05, 0.1) is 18.8 Å². The van der Waals surface area contributed by atoms with Crippen LogP contribution in [0.15, 0.2) is 18.2 Å². The van der Waals surface area contributed by atoms with Crippen molar-refractivity contribution in [1.29, 1.82) is 0 Å². The van der Waals surface area contributed by atoms with Crippen LogP contribution < -0.4 is 0 Å². The standard InChI is InChI=1S/C15H20ClNO3/c1-10(18)12-5-6-17(8-12)9-13-7-11(15(19)20-2)3-4-14(13)16/h3-4,7,10,12,18H,5-6,8-9H2,1-2H3. The summed E-state index contributed by atoms with van der Waals surface area (Å²) in [5.74, 6) is -0.0382. The smallest absolute Gasteiger partial charge is 0.337 e. The van der Waals surface area contributed by atoms with E-state index in [1.54, 1.807) is 18.2 Å². The van der Waals surface area contributed by atoms with Crippen molar-refractivity contribution in [1.82, 2.24) is 4.90 Å². The lowest BCUT2D eigenvalue weighted by molar-refractivity contribution is 0.0600. The van der Waals surface area contributed by atoms with Crippen molar-refractivity contribution in [3.05, 3.63) is 34.3 Å². The zero-order valence-electron chi connectivity index (χ0n) is 11.8. The molecule has 1 heterocycles. The number of ether oxygens (including phenoxy) is 1. The third-order valence-corrected chi connectivity index (χ3v) is 4.22. The Morgan fingerprint density at radius 1 is 1.60 bits per heavy atom. The first-order chi connectivity index (χ1) is 9.51. The first-order valence-corrected chi connectivity index (χ1v) is 7.16. The maximum Gasteiger partial charge on any atom is 0.337 e. The van der Waals surface area contributed by atoms with Gasteiger partial charge in [-0.1, -0.05) is 11.6 Å². The fourth-order valence-electron chi connectivity index (χ4n) is 2.58. The molecule has 0 bridgehead atoms. The molecule has 1 fully saturated rings. The predicted octanol–water partition coefficient (Wildman–Crippen LogP) is 2.33. The molecule has 5 heteroatoms. The molecule has 2 rings (SSSR count). The number of benzene rings is 1. The van der Waals surface area contributed by atoms with Gasteiger partial charge in [-0.3, -0.25) is 4.90 Å². The summed E-state index contributed by atoms with van der Waals surface area (Å²) < 4.78 is 4.72. The lowest BCUT2D eigenvalue weighted by Gasteiger charge is -2.18. The minimum absolute atomic E-state index is 0.281. The van der Waals surface area contributed by atoms with Crippen molar-refractivity contribution in [2.75, 3.05) is 20.2 Å². The van der Waals surface area contributed by atoms with E-state index < -0.39 is 0 Å². The molecule has 110 valence electrons. The summed E-state index contributed by atoms with van der Waals surface area (Å²) in [6.07, 6.45) is 0.711. The van der Waals surface area contributed by atoms with E-state index in [0.29, 0.717) is 23.0 Å². The van der Waals surface area contributed by atoms with Crippen molar-refractivity contribution < 1.29 is 14.6 Å². The SMILES string of the molecule is COC(=O)c1ccc(Cl)c(CN2CCC(C(C)O)C2)c1. The van der Waals surface area contributed by atoms with Crippen LogP contribution in [0.25, 0.3) is 0 Å². The Bertz CT molecular complexity index is 490. The molecular weight excluding hydrogens is 278 g/mol. The molecule has 2 atom stereocenters. The molecular formula is C15H20ClNO3. The first-order valence-electron chi connectivity index (χ1n) is 6.78. The maximum absolute atomic E-state index is 11.5. The number of hydrogen-bond acceptors (Lipinski definition) is 4. The Hall–Kier alpha value is -1.10. The number of nitrogens with zero attached hydrogens (tertiary/aromatic N) is 1. The molecule has 1 aliphatic heterocycles. The number of hydrogen-bond donors (Lipinski definition) is 1. The zero-order chi connectivity index (χ0) is 14.7. The zero-order valence-corrected chi connectivity index (χ0v) is 12.6. The molecule has 1 aliphatic rings. The second kappa shape index (κ2) is 6.57. The van der Waals surface area contributed by atoms with Crippen LogP contribution in [0.3, 0.4) is 0 Å². The summed E-state index contributed by atoms with van der Waals surface area (Å²) in [4.78, 5) is 13.8. The van der Waals surface area contributed by atoms with Gasteiger partial charge in [-0.25, -0.2) is 4.79 Å². The number of carbonyl (C=O) groups excluding carboxylic acids is 1. The summed E-state index contributed by atoms with van der Waals surface area (Å²) in [6, 6.07) is 5.18. The number of rotatable bonds is 4. The van der Waals surface area contributed by atoms with E-state index >= 15 is 0 Å². The second-order valence-electron chi connectivity index (χ2n) is 5.32. The van der Waals surface area contributed by atoms with Crippen LogP contribution >= 0.6 is 11.6 Å². The number of methoxy groups -OCH3 is 1. The summed E-state index contributed by atoms with van der Waals surface area (Å²) in [7, 11) is 1.37. The molecule has 0 aliphatic carbocycles. The Balaban J connectivity index is 2.08. The number of likely N-dealkylation sites (tertiary alicyclic amines) is 1. The highest BCUT2D eigenvalue weighted by Crippen LogP contribution is 2.25. The topological polar surface area (TPSA) is 49.8 Å². The van der Waals surface area contributed by atoms with Crippen LogP contribution in [0, 0.1) is 5.92 Å². The van der Waals surface area contributed by atoms with E-state index in [4.69, 9.17) is 16.3 Å². The van der Waals surface area contributed by atoms with E-state index in [2.05, 4.69) is 4.90 Å². The number of aliphatic hydroxyl groups excluding tert-OH is 1. The highest BCUT2D eigenvalue weighted by atomic mass is 35.5. The molecule has 0 saturated carbocycles. The molecule has 20 heavy (non-hydrogen) atoms. The fourth-order valence-corrected chi connectivity index (χ4v) is 2.76. The Kier molecular flexibility index (Phi) is 5.02. The monoisotopic (exact) mass is 297 g/mol. The number of halogens is 1. The van der Waals surface area contributed by atoms with E-state index in [0.717, 1.165) is 25.1 Å². The number of aliphatic hydroxyl groups is 1. The number of esters is 1. The highest BCUT2D eigenvalue weighted by Gasteiger charge is 2.26. The number of carbonyl (C=O) groups is 1. The van der Waals surface area contributed by atoms with Crippen LogP contribution in [0.1, 0.15) is 29.3 Å². The molecule has 1 aromatic rings. The van der Waals surface area contributed by atoms with Crippen molar-refractivity contribution in [2.45, 2.75) is 26.0 Å². The van der Waals surface area contributed by atoms with Gasteiger partial charge < -0.3 is 9.84 Å². The Morgan fingerprint density at radius 2 is 2.35 bits per heavy atom. The Labute approximate surface area is 124 Å². The molecule has 1 N–H and O–H groups in total. The van der Waals surface area contributed by atoms with Gasteiger partial charge in [0.25, 0.3) is 0 Å². The van der Waals surface area contributed by atoms with E-state index in [1.807, 2.05) is 6.92 Å². The Morgan fingerprint density at radius 3 is 2.95 bits per heavy atom. The van der Waals surface area contributed by atoms with E-state index in [1.165, 1.54) is 7.11 Å². The van der Waals surface area contributed by atoms with Crippen LogP contribution in [-0.4, -0.2) is 42.3 Å². The minimum atomic E-state index is -0.355. The second-order valence-corrected chi connectivity index (χ2v) is 5.73. The van der Waals surface area contributed by atoms with Gasteiger partial charge in [0.2, 0.25) is 0 Å². The summed E-state index contributed by atoms with van der Waals surface area (Å²) in [6.45, 7) is 4.32. The van der Waals surface area contributed by atoms with Gasteiger partial charge in [0.1, 0.15) is 0 Å². The first kappa shape index (κ1) is 15.3. The van der Waals surface area contributed by atoms with E-state index in [-0.39, 0.29) is 12.1 Å².